The molecule has 0 spiro atoms. The Labute approximate surface area is 169 Å². The summed E-state index contributed by atoms with van der Waals surface area (Å²) in [6.45, 7) is 5.65. The van der Waals surface area contributed by atoms with Crippen LogP contribution in [0, 0.1) is 0 Å². The van der Waals surface area contributed by atoms with Crippen molar-refractivity contribution in [1.29, 1.82) is 0 Å². The van der Waals surface area contributed by atoms with Gasteiger partial charge in [0.05, 0.1) is 29.6 Å². The highest BCUT2D eigenvalue weighted by molar-refractivity contribution is 7.99. The number of carbonyl (C=O) groups excluding carboxylic acids is 1. The Morgan fingerprint density at radius 2 is 2.00 bits per heavy atom. The van der Waals surface area contributed by atoms with Crippen LogP contribution in [-0.2, 0) is 11.3 Å². The third-order valence-electron chi connectivity index (χ3n) is 4.02. The molecule has 0 fully saturated rings. The number of thioether (sulfide) groups is 1. The number of rotatable bonds is 9. The van der Waals surface area contributed by atoms with E-state index in [1.807, 2.05) is 48.5 Å². The molecule has 3 aromatic rings. The van der Waals surface area contributed by atoms with Crippen LogP contribution in [0.25, 0.3) is 11.0 Å². The fourth-order valence-corrected chi connectivity index (χ4v) is 3.55. The van der Waals surface area contributed by atoms with Gasteiger partial charge in [-0.25, -0.2) is 10.4 Å². The lowest BCUT2D eigenvalue weighted by Crippen LogP contribution is -2.20. The van der Waals surface area contributed by atoms with Gasteiger partial charge in [0.15, 0.2) is 5.16 Å². The molecule has 0 aliphatic heterocycles. The van der Waals surface area contributed by atoms with E-state index in [1.54, 1.807) is 6.21 Å². The number of imidazole rings is 1. The standard InChI is InChI=1S/C21H24N4O2S/c1-3-13-27-17-11-9-16(10-12-17)14-22-24-20(26)15-28-21-23-18-7-5-6-8-19(18)25(21)4-2/h5-12,14H,3-4,13,15H2,1-2H3,(H,24,26). The lowest BCUT2D eigenvalue weighted by atomic mass is 10.2. The maximum absolute atomic E-state index is 12.1. The number of hydrazone groups is 1. The normalized spacial score (nSPS) is 11.2. The largest absolute Gasteiger partial charge is 0.494 e. The van der Waals surface area contributed by atoms with E-state index < -0.39 is 0 Å². The van der Waals surface area contributed by atoms with Crippen LogP contribution in [0.2, 0.25) is 0 Å². The molecule has 28 heavy (non-hydrogen) atoms. The van der Waals surface area contributed by atoms with Gasteiger partial charge in [0.1, 0.15) is 5.75 Å². The van der Waals surface area contributed by atoms with Crippen molar-refractivity contribution in [2.24, 2.45) is 5.10 Å². The molecule has 1 aromatic heterocycles. The third-order valence-corrected chi connectivity index (χ3v) is 5.00. The molecule has 0 aliphatic carbocycles. The zero-order valence-corrected chi connectivity index (χ0v) is 16.9. The van der Waals surface area contributed by atoms with Gasteiger partial charge in [-0.1, -0.05) is 30.8 Å². The maximum atomic E-state index is 12.1. The summed E-state index contributed by atoms with van der Waals surface area (Å²) in [5, 5.41) is 4.86. The van der Waals surface area contributed by atoms with E-state index in [-0.39, 0.29) is 11.7 Å². The molecule has 3 rings (SSSR count). The van der Waals surface area contributed by atoms with E-state index in [1.165, 1.54) is 11.8 Å². The van der Waals surface area contributed by atoms with Gasteiger partial charge in [-0.05, 0) is 55.3 Å². The molecule has 146 valence electrons. The van der Waals surface area contributed by atoms with E-state index in [2.05, 4.69) is 33.9 Å². The first-order valence-electron chi connectivity index (χ1n) is 9.34. The lowest BCUT2D eigenvalue weighted by molar-refractivity contribution is -0.118. The molecule has 2 aromatic carbocycles. The SMILES string of the molecule is CCCOc1ccc(C=NNC(=O)CSc2nc3ccccc3n2CC)cc1. The van der Waals surface area contributed by atoms with Gasteiger partial charge in [-0.3, -0.25) is 4.79 Å². The molecule has 1 heterocycles. The minimum absolute atomic E-state index is 0.168. The van der Waals surface area contributed by atoms with Crippen molar-refractivity contribution in [1.82, 2.24) is 15.0 Å². The van der Waals surface area contributed by atoms with Gasteiger partial charge >= 0.3 is 0 Å². The van der Waals surface area contributed by atoms with E-state index in [0.717, 1.165) is 40.5 Å². The number of benzene rings is 2. The predicted octanol–water partition coefficient (Wildman–Crippen LogP) is 4.09. The van der Waals surface area contributed by atoms with Crippen LogP contribution in [-0.4, -0.2) is 34.0 Å². The van der Waals surface area contributed by atoms with Gasteiger partial charge in [0.2, 0.25) is 0 Å². The summed E-state index contributed by atoms with van der Waals surface area (Å²) in [5.74, 6) is 0.918. The second-order valence-electron chi connectivity index (χ2n) is 6.13. The van der Waals surface area contributed by atoms with Crippen LogP contribution >= 0.6 is 11.8 Å². The van der Waals surface area contributed by atoms with Crippen molar-refractivity contribution in [3.63, 3.8) is 0 Å². The monoisotopic (exact) mass is 396 g/mol. The highest BCUT2D eigenvalue weighted by Crippen LogP contribution is 2.23. The zero-order valence-electron chi connectivity index (χ0n) is 16.1. The van der Waals surface area contributed by atoms with Crippen LogP contribution in [0.4, 0.5) is 0 Å². The molecule has 7 heteroatoms. The van der Waals surface area contributed by atoms with Crippen LogP contribution < -0.4 is 10.2 Å². The van der Waals surface area contributed by atoms with Gasteiger partial charge in [-0.2, -0.15) is 5.10 Å². The van der Waals surface area contributed by atoms with Crippen LogP contribution in [0.1, 0.15) is 25.8 Å². The summed E-state index contributed by atoms with van der Waals surface area (Å²) in [5.41, 5.74) is 5.48. The number of hydrogen-bond acceptors (Lipinski definition) is 5. The Morgan fingerprint density at radius 1 is 1.21 bits per heavy atom. The molecule has 0 atom stereocenters. The number of fused-ring (bicyclic) bond motifs is 1. The highest BCUT2D eigenvalue weighted by atomic mass is 32.2. The van der Waals surface area contributed by atoms with Gasteiger partial charge in [0.25, 0.3) is 5.91 Å². The number of amides is 1. The lowest BCUT2D eigenvalue weighted by Gasteiger charge is -2.05. The predicted molar refractivity (Wildman–Crippen MR) is 114 cm³/mol. The first-order valence-corrected chi connectivity index (χ1v) is 10.3. The van der Waals surface area contributed by atoms with Crippen molar-refractivity contribution in [2.75, 3.05) is 12.4 Å². The van der Waals surface area contributed by atoms with Crippen LogP contribution in [0.15, 0.2) is 58.8 Å². The molecular formula is C21H24N4O2S. The Bertz CT molecular complexity index is 951. The van der Waals surface area contributed by atoms with E-state index in [4.69, 9.17) is 4.74 Å². The second kappa shape index (κ2) is 9.94. The smallest absolute Gasteiger partial charge is 0.250 e. The summed E-state index contributed by atoms with van der Waals surface area (Å²) >= 11 is 1.41. The van der Waals surface area contributed by atoms with E-state index in [0.29, 0.717) is 6.61 Å². The fourth-order valence-electron chi connectivity index (χ4n) is 2.68. The summed E-state index contributed by atoms with van der Waals surface area (Å²) < 4.78 is 7.65. The van der Waals surface area contributed by atoms with Crippen molar-refractivity contribution >= 4 is 34.9 Å². The molecular weight excluding hydrogens is 372 g/mol. The summed E-state index contributed by atoms with van der Waals surface area (Å²) in [4.78, 5) is 16.7. The van der Waals surface area contributed by atoms with Gasteiger partial charge in [-0.15, -0.1) is 0 Å². The summed E-state index contributed by atoms with van der Waals surface area (Å²) in [7, 11) is 0. The van der Waals surface area contributed by atoms with Gasteiger partial charge in [0, 0.05) is 6.54 Å². The molecule has 0 aliphatic rings. The molecule has 0 saturated heterocycles. The van der Waals surface area contributed by atoms with Gasteiger partial charge < -0.3 is 9.30 Å². The molecule has 0 radical (unpaired) electrons. The van der Waals surface area contributed by atoms with Crippen molar-refractivity contribution < 1.29 is 9.53 Å². The van der Waals surface area contributed by atoms with Crippen LogP contribution in [0.3, 0.4) is 0 Å². The molecule has 0 bridgehead atoms. The number of aromatic nitrogens is 2. The Balaban J connectivity index is 1.51. The molecule has 1 N–H and O–H groups in total. The highest BCUT2D eigenvalue weighted by Gasteiger charge is 2.11. The second-order valence-corrected chi connectivity index (χ2v) is 7.07. The molecule has 0 unspecified atom stereocenters. The number of nitrogens with one attached hydrogen (secondary N) is 1. The minimum atomic E-state index is -0.168. The molecule has 6 nitrogen and oxygen atoms in total. The number of para-hydroxylation sites is 2. The first-order chi connectivity index (χ1) is 13.7. The minimum Gasteiger partial charge on any atom is -0.494 e. The molecule has 0 saturated carbocycles. The first kappa shape index (κ1) is 19.9. The topological polar surface area (TPSA) is 68.5 Å². The Kier molecular flexibility index (Phi) is 7.08. The summed E-state index contributed by atoms with van der Waals surface area (Å²) in [6.07, 6.45) is 2.59. The van der Waals surface area contributed by atoms with E-state index >= 15 is 0 Å². The Hall–Kier alpha value is -2.80. The number of hydrogen-bond donors (Lipinski definition) is 1. The van der Waals surface area contributed by atoms with Crippen LogP contribution in [0.5, 0.6) is 5.75 Å². The number of nitrogens with zero attached hydrogens (tertiary/aromatic N) is 3. The number of carbonyl (C=O) groups is 1. The van der Waals surface area contributed by atoms with Crippen molar-refractivity contribution in [3.8, 4) is 5.75 Å². The molecule has 1 amide bonds. The van der Waals surface area contributed by atoms with Crippen molar-refractivity contribution in [2.45, 2.75) is 32.0 Å². The maximum Gasteiger partial charge on any atom is 0.250 e. The fraction of sp³-hybridized carbons (Fsp3) is 0.286. The summed E-state index contributed by atoms with van der Waals surface area (Å²) in [6, 6.07) is 15.6. The quantitative estimate of drug-likeness (QED) is 0.336. The zero-order chi connectivity index (χ0) is 19.8. The Morgan fingerprint density at radius 3 is 2.75 bits per heavy atom. The average Bonchev–Trinajstić information content (AvgIpc) is 3.09. The third kappa shape index (κ3) is 5.13. The number of ether oxygens (including phenoxy) is 1. The van der Waals surface area contributed by atoms with E-state index in [9.17, 15) is 4.79 Å². The number of aryl methyl sites for hydroxylation is 1. The van der Waals surface area contributed by atoms with Crippen molar-refractivity contribution in [3.05, 3.63) is 54.1 Å². The average molecular weight is 397 g/mol.